The van der Waals surface area contributed by atoms with Crippen molar-refractivity contribution in [3.8, 4) is 11.1 Å². The lowest BCUT2D eigenvalue weighted by Crippen LogP contribution is -2.24. The van der Waals surface area contributed by atoms with E-state index >= 15 is 0 Å². The molecule has 1 heterocycles. The Labute approximate surface area is 180 Å². The number of aromatic carboxylic acids is 1. The highest BCUT2D eigenvalue weighted by Gasteiger charge is 2.18. The Kier molecular flexibility index (Phi) is 7.13. The number of benzene rings is 2. The topological polar surface area (TPSA) is 73.5 Å². The molecule has 3 aromatic rings. The van der Waals surface area contributed by atoms with Crippen molar-refractivity contribution in [1.29, 1.82) is 0 Å². The van der Waals surface area contributed by atoms with Crippen molar-refractivity contribution < 1.29 is 14.6 Å². The number of ether oxygens (including phenoxy) is 1. The largest absolute Gasteiger partial charge is 0.478 e. The van der Waals surface area contributed by atoms with E-state index in [1.165, 1.54) is 0 Å². The lowest BCUT2D eigenvalue weighted by atomic mass is 9.99. The van der Waals surface area contributed by atoms with Gasteiger partial charge in [-0.15, -0.1) is 0 Å². The van der Waals surface area contributed by atoms with Crippen molar-refractivity contribution in [2.45, 2.75) is 39.5 Å². The molecule has 0 aliphatic rings. The predicted octanol–water partition coefficient (Wildman–Crippen LogP) is 4.66. The van der Waals surface area contributed by atoms with Gasteiger partial charge in [0.15, 0.2) is 0 Å². The third-order valence-corrected chi connectivity index (χ3v) is 5.42. The first-order valence-electron chi connectivity index (χ1n) is 9.86. The van der Waals surface area contributed by atoms with Crippen LogP contribution in [0.25, 0.3) is 11.1 Å². The van der Waals surface area contributed by atoms with E-state index in [4.69, 9.17) is 16.3 Å². The van der Waals surface area contributed by atoms with Gasteiger partial charge in [-0.2, -0.15) is 0 Å². The van der Waals surface area contributed by atoms with Crippen LogP contribution in [-0.2, 0) is 24.4 Å². The molecule has 0 aliphatic carbocycles. The summed E-state index contributed by atoms with van der Waals surface area (Å²) in [5.41, 5.74) is 3.17. The van der Waals surface area contributed by atoms with Crippen LogP contribution in [0.2, 0.25) is 5.02 Å². The summed E-state index contributed by atoms with van der Waals surface area (Å²) in [6, 6.07) is 14.6. The first-order chi connectivity index (χ1) is 14.5. The van der Waals surface area contributed by atoms with Crippen molar-refractivity contribution in [2.24, 2.45) is 0 Å². The van der Waals surface area contributed by atoms with Crippen LogP contribution in [0.1, 0.15) is 41.4 Å². The monoisotopic (exact) mass is 428 g/mol. The summed E-state index contributed by atoms with van der Waals surface area (Å²) in [5, 5.41) is 9.62. The van der Waals surface area contributed by atoms with Crippen LogP contribution in [0.4, 0.5) is 0 Å². The van der Waals surface area contributed by atoms with Crippen molar-refractivity contribution in [1.82, 2.24) is 9.36 Å². The second-order valence-corrected chi connectivity index (χ2v) is 7.46. The second-order valence-electron chi connectivity index (χ2n) is 7.08. The number of methoxy groups -OCH3 is 1. The average molecular weight is 429 g/mol. The molecule has 1 aromatic heterocycles. The maximum atomic E-state index is 12.6. The molecular weight excluding hydrogens is 404 g/mol. The molecule has 0 bridgehead atoms. The molecule has 3 rings (SSSR count). The van der Waals surface area contributed by atoms with E-state index in [2.05, 4.69) is 6.92 Å². The summed E-state index contributed by atoms with van der Waals surface area (Å²) in [5.74, 6) is -0.958. The van der Waals surface area contributed by atoms with Gasteiger partial charge in [-0.1, -0.05) is 67.4 Å². The van der Waals surface area contributed by atoms with E-state index in [1.807, 2.05) is 35.0 Å². The Morgan fingerprint density at radius 2 is 1.80 bits per heavy atom. The molecule has 6 nitrogen and oxygen atoms in total. The molecule has 0 spiro atoms. The maximum Gasteiger partial charge on any atom is 0.336 e. The molecule has 0 atom stereocenters. The number of carboxylic acids is 1. The smallest absolute Gasteiger partial charge is 0.336 e. The Hall–Kier alpha value is -2.83. The predicted molar refractivity (Wildman–Crippen MR) is 117 cm³/mol. The van der Waals surface area contributed by atoms with Gasteiger partial charge in [0.1, 0.15) is 5.02 Å². The summed E-state index contributed by atoms with van der Waals surface area (Å²) >= 11 is 6.31. The molecule has 0 saturated heterocycles. The van der Waals surface area contributed by atoms with Gasteiger partial charge in [-0.05, 0) is 29.2 Å². The zero-order valence-corrected chi connectivity index (χ0v) is 17.9. The summed E-state index contributed by atoms with van der Waals surface area (Å²) in [6.45, 7) is 3.37. The molecule has 0 saturated carbocycles. The van der Waals surface area contributed by atoms with Crippen molar-refractivity contribution in [2.75, 3.05) is 7.11 Å². The fourth-order valence-corrected chi connectivity index (χ4v) is 3.72. The minimum atomic E-state index is -0.958. The van der Waals surface area contributed by atoms with E-state index in [-0.39, 0.29) is 22.8 Å². The molecule has 0 radical (unpaired) electrons. The molecule has 0 unspecified atom stereocenters. The van der Waals surface area contributed by atoms with E-state index in [1.54, 1.807) is 30.0 Å². The first kappa shape index (κ1) is 21.9. The normalized spacial score (nSPS) is 11.0. The van der Waals surface area contributed by atoms with Gasteiger partial charge < -0.3 is 9.84 Å². The number of hydrogen-bond acceptors (Lipinski definition) is 3. The standard InChI is InChI=1S/C23H25ClN2O4/c1-3-4-13-25-22(27)21(24)20(15-30-2)26(25)14-16-9-11-17(12-10-16)18-7-5-6-8-19(18)23(28)29/h5-12H,3-4,13-15H2,1-2H3,(H,28,29). The number of carboxylic acid groups (broad SMARTS) is 1. The summed E-state index contributed by atoms with van der Waals surface area (Å²) in [4.78, 5) is 24.1. The Morgan fingerprint density at radius 3 is 2.43 bits per heavy atom. The third-order valence-electron chi connectivity index (χ3n) is 5.04. The van der Waals surface area contributed by atoms with Crippen LogP contribution in [0.5, 0.6) is 0 Å². The van der Waals surface area contributed by atoms with Gasteiger partial charge in [-0.25, -0.2) is 9.48 Å². The lowest BCUT2D eigenvalue weighted by molar-refractivity contribution is 0.0697. The van der Waals surface area contributed by atoms with E-state index < -0.39 is 5.97 Å². The minimum absolute atomic E-state index is 0.194. The molecule has 0 fully saturated rings. The fraction of sp³-hybridized carbons (Fsp3) is 0.304. The number of rotatable bonds is 9. The van der Waals surface area contributed by atoms with Crippen molar-refractivity contribution in [3.63, 3.8) is 0 Å². The lowest BCUT2D eigenvalue weighted by Gasteiger charge is -2.15. The van der Waals surface area contributed by atoms with E-state index in [9.17, 15) is 14.7 Å². The van der Waals surface area contributed by atoms with Crippen molar-refractivity contribution in [3.05, 3.63) is 80.7 Å². The molecule has 158 valence electrons. The van der Waals surface area contributed by atoms with Gasteiger partial charge in [0.05, 0.1) is 24.4 Å². The third kappa shape index (κ3) is 4.50. The SMILES string of the molecule is CCCCn1c(=O)c(Cl)c(COC)n1Cc1ccc(-c2ccccc2C(=O)O)cc1. The van der Waals surface area contributed by atoms with Gasteiger partial charge >= 0.3 is 5.97 Å². The Bertz CT molecular complexity index is 1080. The Morgan fingerprint density at radius 1 is 1.10 bits per heavy atom. The molecule has 7 heteroatoms. The minimum Gasteiger partial charge on any atom is -0.478 e. The van der Waals surface area contributed by atoms with Crippen LogP contribution in [-0.4, -0.2) is 27.5 Å². The molecule has 1 N–H and O–H groups in total. The molecule has 2 aromatic carbocycles. The van der Waals surface area contributed by atoms with E-state index in [0.29, 0.717) is 24.3 Å². The molecule has 0 aliphatic heterocycles. The molecule has 0 amide bonds. The van der Waals surface area contributed by atoms with Gasteiger partial charge in [-0.3, -0.25) is 9.48 Å². The summed E-state index contributed by atoms with van der Waals surface area (Å²) in [7, 11) is 1.57. The zero-order valence-electron chi connectivity index (χ0n) is 17.1. The van der Waals surface area contributed by atoms with Crippen LogP contribution >= 0.6 is 11.6 Å². The van der Waals surface area contributed by atoms with Crippen LogP contribution in [0, 0.1) is 0 Å². The van der Waals surface area contributed by atoms with Gasteiger partial charge in [0.2, 0.25) is 0 Å². The summed E-state index contributed by atoms with van der Waals surface area (Å²) in [6.07, 6.45) is 1.84. The molecule has 30 heavy (non-hydrogen) atoms. The van der Waals surface area contributed by atoms with E-state index in [0.717, 1.165) is 24.0 Å². The number of nitrogens with zero attached hydrogens (tertiary/aromatic N) is 2. The number of unbranched alkanes of at least 4 members (excludes halogenated alkanes) is 1. The highest BCUT2D eigenvalue weighted by molar-refractivity contribution is 6.31. The van der Waals surface area contributed by atoms with Crippen LogP contribution in [0.3, 0.4) is 0 Å². The first-order valence-corrected chi connectivity index (χ1v) is 10.2. The fourth-order valence-electron chi connectivity index (χ4n) is 3.47. The second kappa shape index (κ2) is 9.78. The maximum absolute atomic E-state index is 12.6. The quantitative estimate of drug-likeness (QED) is 0.537. The molecular formula is C23H25ClN2O4. The Balaban J connectivity index is 1.95. The zero-order chi connectivity index (χ0) is 21.7. The average Bonchev–Trinajstić information content (AvgIpc) is 2.97. The van der Waals surface area contributed by atoms with Crippen LogP contribution in [0.15, 0.2) is 53.3 Å². The number of aromatic nitrogens is 2. The van der Waals surface area contributed by atoms with Gasteiger partial charge in [0.25, 0.3) is 5.56 Å². The highest BCUT2D eigenvalue weighted by Crippen LogP contribution is 2.25. The highest BCUT2D eigenvalue weighted by atomic mass is 35.5. The van der Waals surface area contributed by atoms with Crippen LogP contribution < -0.4 is 5.56 Å². The number of halogens is 1. The number of carbonyl (C=O) groups is 1. The van der Waals surface area contributed by atoms with Crippen molar-refractivity contribution >= 4 is 17.6 Å². The van der Waals surface area contributed by atoms with Gasteiger partial charge in [0, 0.05) is 13.7 Å². The summed E-state index contributed by atoms with van der Waals surface area (Å²) < 4.78 is 8.81. The number of hydrogen-bond donors (Lipinski definition) is 1.